The number of thiophene rings is 1. The number of benzene rings is 1. The van der Waals surface area contributed by atoms with Crippen LogP contribution >= 0.6 is 38.9 Å². The third-order valence-electron chi connectivity index (χ3n) is 3.66. The van der Waals surface area contributed by atoms with Gasteiger partial charge in [-0.2, -0.15) is 5.26 Å². The Bertz CT molecular complexity index is 785. The summed E-state index contributed by atoms with van der Waals surface area (Å²) in [4.78, 5) is 12.1. The lowest BCUT2D eigenvalue weighted by atomic mass is 10.0. The molecule has 2 N–H and O–H groups in total. The van der Waals surface area contributed by atoms with Gasteiger partial charge < -0.3 is 5.32 Å². The van der Waals surface area contributed by atoms with Gasteiger partial charge in [0.1, 0.15) is 15.4 Å². The summed E-state index contributed by atoms with van der Waals surface area (Å²) in [5.74, 6) is 0. The van der Waals surface area contributed by atoms with E-state index in [1.54, 1.807) is 0 Å². The lowest BCUT2D eigenvalue weighted by molar-refractivity contribution is 0.252. The summed E-state index contributed by atoms with van der Waals surface area (Å²) in [5.41, 5.74) is 1.84. The number of carbonyl (C=O) groups excluding carboxylic acids is 1. The monoisotopic (exact) mass is 439 g/mol. The smallest absolute Gasteiger partial charge is 0.319 e. The average Bonchev–Trinajstić information content (AvgIpc) is 2.90. The molecular formula is C18H19BrClN3OS. The first kappa shape index (κ1) is 19.8. The number of rotatable bonds is 7. The summed E-state index contributed by atoms with van der Waals surface area (Å²) in [5, 5.41) is 15.6. The van der Waals surface area contributed by atoms with Crippen LogP contribution in [0.15, 0.2) is 28.7 Å². The molecular weight excluding hydrogens is 422 g/mol. The van der Waals surface area contributed by atoms with Gasteiger partial charge in [0.2, 0.25) is 0 Å². The maximum absolute atomic E-state index is 12.1. The minimum Gasteiger partial charge on any atom is -0.338 e. The Balaban J connectivity index is 2.13. The number of urea groups is 1. The van der Waals surface area contributed by atoms with Crippen molar-refractivity contribution in [3.05, 3.63) is 38.6 Å². The van der Waals surface area contributed by atoms with E-state index in [1.807, 2.05) is 24.3 Å². The van der Waals surface area contributed by atoms with Crippen LogP contribution < -0.4 is 10.6 Å². The fourth-order valence-corrected chi connectivity index (χ4v) is 4.20. The van der Waals surface area contributed by atoms with Crippen molar-refractivity contribution in [3.63, 3.8) is 0 Å². The SMILES string of the molecule is CCCCCCNC(=O)Nc1sc(Cl)c(-c2ccccc2Br)c1C#N. The molecule has 7 heteroatoms. The summed E-state index contributed by atoms with van der Waals surface area (Å²) in [6, 6.07) is 9.40. The van der Waals surface area contributed by atoms with Gasteiger partial charge in [0.05, 0.1) is 5.56 Å². The maximum Gasteiger partial charge on any atom is 0.319 e. The van der Waals surface area contributed by atoms with Crippen molar-refractivity contribution in [2.45, 2.75) is 32.6 Å². The zero-order valence-corrected chi connectivity index (χ0v) is 17.0. The summed E-state index contributed by atoms with van der Waals surface area (Å²) in [7, 11) is 0. The molecule has 0 bridgehead atoms. The number of amides is 2. The Morgan fingerprint density at radius 1 is 1.32 bits per heavy atom. The van der Waals surface area contributed by atoms with Crippen molar-refractivity contribution in [2.75, 3.05) is 11.9 Å². The number of unbranched alkanes of at least 4 members (excludes halogenated alkanes) is 3. The molecule has 0 saturated heterocycles. The van der Waals surface area contributed by atoms with Gasteiger partial charge in [-0.1, -0.05) is 71.9 Å². The second-order valence-corrected chi connectivity index (χ2v) is 7.97. The van der Waals surface area contributed by atoms with Crippen LogP contribution in [0.5, 0.6) is 0 Å². The van der Waals surface area contributed by atoms with E-state index in [4.69, 9.17) is 11.6 Å². The fourth-order valence-electron chi connectivity index (χ4n) is 2.40. The second kappa shape index (κ2) is 9.81. The molecule has 4 nitrogen and oxygen atoms in total. The van der Waals surface area contributed by atoms with Crippen LogP contribution in [0, 0.1) is 11.3 Å². The molecule has 0 aliphatic rings. The van der Waals surface area contributed by atoms with Crippen molar-refractivity contribution in [3.8, 4) is 17.2 Å². The number of nitrogens with one attached hydrogen (secondary N) is 2. The zero-order chi connectivity index (χ0) is 18.2. The van der Waals surface area contributed by atoms with Crippen LogP contribution in [-0.2, 0) is 0 Å². The predicted molar refractivity (Wildman–Crippen MR) is 108 cm³/mol. The highest BCUT2D eigenvalue weighted by Gasteiger charge is 2.21. The van der Waals surface area contributed by atoms with Gasteiger partial charge in [0.15, 0.2) is 0 Å². The molecule has 0 radical (unpaired) electrons. The number of nitrogens with zero attached hydrogens (tertiary/aromatic N) is 1. The molecule has 1 heterocycles. The highest BCUT2D eigenvalue weighted by Crippen LogP contribution is 2.45. The van der Waals surface area contributed by atoms with Crippen LogP contribution in [0.1, 0.15) is 38.2 Å². The number of hydrogen-bond acceptors (Lipinski definition) is 3. The van der Waals surface area contributed by atoms with Gasteiger partial charge in [-0.05, 0) is 18.1 Å². The van der Waals surface area contributed by atoms with Crippen molar-refractivity contribution in [1.82, 2.24) is 5.32 Å². The van der Waals surface area contributed by atoms with Gasteiger partial charge in [0, 0.05) is 16.6 Å². The average molecular weight is 441 g/mol. The quantitative estimate of drug-likeness (QED) is 0.489. The Labute approximate surface area is 165 Å². The van der Waals surface area contributed by atoms with Gasteiger partial charge in [-0.15, -0.1) is 11.3 Å². The number of carbonyl (C=O) groups is 1. The topological polar surface area (TPSA) is 64.9 Å². The van der Waals surface area contributed by atoms with E-state index in [0.717, 1.165) is 35.7 Å². The lowest BCUT2D eigenvalue weighted by Gasteiger charge is -2.07. The van der Waals surface area contributed by atoms with Crippen molar-refractivity contribution < 1.29 is 4.79 Å². The van der Waals surface area contributed by atoms with E-state index in [9.17, 15) is 10.1 Å². The first-order valence-corrected chi connectivity index (χ1v) is 10.1. The van der Waals surface area contributed by atoms with E-state index in [-0.39, 0.29) is 6.03 Å². The Morgan fingerprint density at radius 3 is 2.76 bits per heavy atom. The number of anilines is 1. The molecule has 0 aliphatic heterocycles. The molecule has 0 spiro atoms. The van der Waals surface area contributed by atoms with E-state index in [2.05, 4.69) is 39.6 Å². The highest BCUT2D eigenvalue weighted by molar-refractivity contribution is 9.10. The third kappa shape index (κ3) is 5.21. The van der Waals surface area contributed by atoms with Crippen LogP contribution in [-0.4, -0.2) is 12.6 Å². The van der Waals surface area contributed by atoms with Crippen LogP contribution in [0.4, 0.5) is 9.80 Å². The fraction of sp³-hybridized carbons (Fsp3) is 0.333. The third-order valence-corrected chi connectivity index (χ3v) is 5.67. The standard InChI is InChI=1S/C18H19BrClN3OS/c1-2-3-4-7-10-22-18(24)23-17-13(11-21)15(16(20)25-17)12-8-5-6-9-14(12)19/h5-6,8-9H,2-4,7,10H2,1H3,(H2,22,23,24). The first-order valence-electron chi connectivity index (χ1n) is 8.10. The van der Waals surface area contributed by atoms with E-state index < -0.39 is 0 Å². The molecule has 1 aromatic carbocycles. The molecule has 2 rings (SSSR count). The Hall–Kier alpha value is -1.55. The minimum absolute atomic E-state index is 0.315. The maximum atomic E-state index is 12.1. The van der Waals surface area contributed by atoms with Crippen LogP contribution in [0.2, 0.25) is 4.34 Å². The molecule has 2 aromatic rings. The number of halogens is 2. The van der Waals surface area contributed by atoms with Crippen LogP contribution in [0.3, 0.4) is 0 Å². The molecule has 1 aromatic heterocycles. The molecule has 132 valence electrons. The molecule has 25 heavy (non-hydrogen) atoms. The van der Waals surface area contributed by atoms with E-state index in [0.29, 0.717) is 27.0 Å². The molecule has 0 saturated carbocycles. The van der Waals surface area contributed by atoms with Crippen LogP contribution in [0.25, 0.3) is 11.1 Å². The van der Waals surface area contributed by atoms with Crippen molar-refractivity contribution in [1.29, 1.82) is 5.26 Å². The molecule has 0 unspecified atom stereocenters. The molecule has 0 atom stereocenters. The zero-order valence-electron chi connectivity index (χ0n) is 13.9. The lowest BCUT2D eigenvalue weighted by Crippen LogP contribution is -2.29. The summed E-state index contributed by atoms with van der Waals surface area (Å²) in [6.45, 7) is 2.76. The van der Waals surface area contributed by atoms with Crippen molar-refractivity contribution in [2.24, 2.45) is 0 Å². The largest absolute Gasteiger partial charge is 0.338 e. The highest BCUT2D eigenvalue weighted by atomic mass is 79.9. The summed E-state index contributed by atoms with van der Waals surface area (Å²) in [6.07, 6.45) is 4.36. The minimum atomic E-state index is -0.315. The van der Waals surface area contributed by atoms with Crippen molar-refractivity contribution >= 4 is 49.9 Å². The van der Waals surface area contributed by atoms with E-state index >= 15 is 0 Å². The van der Waals surface area contributed by atoms with Gasteiger partial charge in [-0.25, -0.2) is 4.79 Å². The summed E-state index contributed by atoms with van der Waals surface area (Å²) < 4.78 is 1.32. The molecule has 0 fully saturated rings. The first-order chi connectivity index (χ1) is 12.1. The van der Waals surface area contributed by atoms with E-state index in [1.165, 1.54) is 11.3 Å². The predicted octanol–water partition coefficient (Wildman–Crippen LogP) is 6.40. The summed E-state index contributed by atoms with van der Waals surface area (Å²) >= 11 is 11.0. The second-order valence-electron chi connectivity index (χ2n) is 5.49. The van der Waals surface area contributed by atoms with Gasteiger partial charge in [0.25, 0.3) is 0 Å². The normalized spacial score (nSPS) is 10.3. The molecule has 2 amide bonds. The Kier molecular flexibility index (Phi) is 7.76. The number of hydrogen-bond donors (Lipinski definition) is 2. The van der Waals surface area contributed by atoms with Gasteiger partial charge >= 0.3 is 6.03 Å². The number of nitriles is 1. The Morgan fingerprint density at radius 2 is 2.08 bits per heavy atom. The molecule has 0 aliphatic carbocycles. The van der Waals surface area contributed by atoms with Gasteiger partial charge in [-0.3, -0.25) is 5.32 Å².